The highest BCUT2D eigenvalue weighted by atomic mass is 31.2. The topological polar surface area (TPSA) is 237 Å². The number of ether oxygens (including phenoxy) is 4. The van der Waals surface area contributed by atoms with Gasteiger partial charge in [-0.2, -0.15) is 0 Å². The molecule has 0 saturated heterocycles. The average Bonchev–Trinajstić information content (AvgIpc) is 3.50. The molecular weight excluding hydrogens is 1150 g/mol. The van der Waals surface area contributed by atoms with Crippen molar-refractivity contribution in [3.63, 3.8) is 0 Å². The zero-order valence-corrected chi connectivity index (χ0v) is 57.8. The molecule has 0 spiro atoms. The van der Waals surface area contributed by atoms with Crippen LogP contribution in [0.1, 0.15) is 355 Å². The second-order valence-electron chi connectivity index (χ2n) is 24.6. The molecule has 0 amide bonds. The molecule has 17 nitrogen and oxygen atoms in total. The van der Waals surface area contributed by atoms with Crippen LogP contribution in [-0.4, -0.2) is 96.7 Å². The quantitative estimate of drug-likeness (QED) is 0.0222. The van der Waals surface area contributed by atoms with Crippen molar-refractivity contribution in [1.29, 1.82) is 0 Å². The summed E-state index contributed by atoms with van der Waals surface area (Å²) in [5, 5.41) is 10.5. The third kappa shape index (κ3) is 62.6. The van der Waals surface area contributed by atoms with Crippen LogP contribution in [0.5, 0.6) is 0 Å². The van der Waals surface area contributed by atoms with Gasteiger partial charge in [-0.05, 0) is 25.7 Å². The number of aliphatic hydroxyl groups excluding tert-OH is 1. The van der Waals surface area contributed by atoms with Crippen molar-refractivity contribution >= 4 is 39.5 Å². The van der Waals surface area contributed by atoms with E-state index in [0.29, 0.717) is 25.7 Å². The van der Waals surface area contributed by atoms with Crippen molar-refractivity contribution in [1.82, 2.24) is 0 Å². The predicted octanol–water partition coefficient (Wildman–Crippen LogP) is 19.5. The molecule has 0 radical (unpaired) electrons. The van der Waals surface area contributed by atoms with Gasteiger partial charge in [0.2, 0.25) is 0 Å². The first-order chi connectivity index (χ1) is 42.2. The molecule has 87 heavy (non-hydrogen) atoms. The number of unbranched alkanes of at least 4 members (excludes halogenated alkanes) is 43. The van der Waals surface area contributed by atoms with Crippen LogP contribution in [0.2, 0.25) is 0 Å². The Morgan fingerprint density at radius 1 is 0.276 bits per heavy atom. The van der Waals surface area contributed by atoms with Gasteiger partial charge in [0.05, 0.1) is 26.4 Å². The van der Waals surface area contributed by atoms with Crippen LogP contribution in [0.25, 0.3) is 0 Å². The lowest BCUT2D eigenvalue weighted by molar-refractivity contribution is -0.161. The lowest BCUT2D eigenvalue weighted by atomic mass is 10.0. The average molecular weight is 1280 g/mol. The fourth-order valence-corrected chi connectivity index (χ4v) is 11.9. The van der Waals surface area contributed by atoms with Crippen LogP contribution >= 0.6 is 15.6 Å². The normalized spacial score (nSPS) is 14.1. The summed E-state index contributed by atoms with van der Waals surface area (Å²) in [4.78, 5) is 72.1. The van der Waals surface area contributed by atoms with E-state index in [1.165, 1.54) is 180 Å². The van der Waals surface area contributed by atoms with Crippen LogP contribution in [0.4, 0.5) is 0 Å². The second-order valence-corrected chi connectivity index (χ2v) is 27.5. The van der Waals surface area contributed by atoms with Gasteiger partial charge < -0.3 is 33.8 Å². The molecule has 0 bridgehead atoms. The lowest BCUT2D eigenvalue weighted by Gasteiger charge is -2.21. The number of carbonyl (C=O) groups excluding carboxylic acids is 4. The Kier molecular flexibility index (Phi) is 61.4. The maximum Gasteiger partial charge on any atom is 0.472 e. The maximum atomic E-state index is 13.0. The van der Waals surface area contributed by atoms with E-state index in [2.05, 4.69) is 27.7 Å². The van der Waals surface area contributed by atoms with Crippen LogP contribution in [0, 0.1) is 0 Å². The van der Waals surface area contributed by atoms with Crippen LogP contribution < -0.4 is 0 Å². The summed E-state index contributed by atoms with van der Waals surface area (Å²) in [6.07, 6.45) is 50.4. The first-order valence-electron chi connectivity index (χ1n) is 35.8. The van der Waals surface area contributed by atoms with Gasteiger partial charge in [0, 0.05) is 25.7 Å². The van der Waals surface area contributed by atoms with Gasteiger partial charge in [0.1, 0.15) is 19.3 Å². The van der Waals surface area contributed by atoms with Gasteiger partial charge in [-0.15, -0.1) is 0 Å². The van der Waals surface area contributed by atoms with E-state index in [1.54, 1.807) is 0 Å². The smallest absolute Gasteiger partial charge is 0.462 e. The molecule has 0 rings (SSSR count). The largest absolute Gasteiger partial charge is 0.472 e. The number of phosphoric ester groups is 2. The Labute approximate surface area is 530 Å². The third-order valence-electron chi connectivity index (χ3n) is 15.9. The van der Waals surface area contributed by atoms with Crippen molar-refractivity contribution in [2.24, 2.45) is 0 Å². The van der Waals surface area contributed by atoms with E-state index in [1.807, 2.05) is 0 Å². The molecule has 0 saturated carbocycles. The predicted molar refractivity (Wildman–Crippen MR) is 349 cm³/mol. The summed E-state index contributed by atoms with van der Waals surface area (Å²) in [5.74, 6) is -2.14. The SMILES string of the molecule is CCCCCCCCCCCCCCCCCCCCCC(=O)O[C@H](COC(=O)CCCCCCCCCCCCCCCC)COP(=O)(O)OC[C@@H](O)COP(=O)(O)OC[C@@H](COC(=O)CCCCCCC)OC(=O)CCCCCCCCCCC. The van der Waals surface area contributed by atoms with Gasteiger partial charge >= 0.3 is 39.5 Å². The molecule has 0 heterocycles. The molecule has 0 fully saturated rings. The number of esters is 4. The van der Waals surface area contributed by atoms with Gasteiger partial charge in [0.15, 0.2) is 12.2 Å². The van der Waals surface area contributed by atoms with Crippen molar-refractivity contribution < 1.29 is 80.2 Å². The molecule has 0 aromatic carbocycles. The first-order valence-corrected chi connectivity index (χ1v) is 38.8. The number of phosphoric acid groups is 2. The Morgan fingerprint density at radius 2 is 0.460 bits per heavy atom. The fraction of sp³-hybridized carbons (Fsp3) is 0.941. The summed E-state index contributed by atoms with van der Waals surface area (Å²) < 4.78 is 67.9. The Balaban J connectivity index is 5.12. The van der Waals surface area contributed by atoms with Crippen LogP contribution in [0.15, 0.2) is 0 Å². The molecular formula is C68H132O17P2. The summed E-state index contributed by atoms with van der Waals surface area (Å²) >= 11 is 0. The highest BCUT2D eigenvalue weighted by Crippen LogP contribution is 2.45. The van der Waals surface area contributed by atoms with Crippen LogP contribution in [-0.2, 0) is 65.4 Å². The summed E-state index contributed by atoms with van der Waals surface area (Å²) in [6.45, 7) is 4.83. The molecule has 5 atom stereocenters. The van der Waals surface area contributed by atoms with E-state index in [9.17, 15) is 43.2 Å². The van der Waals surface area contributed by atoms with Gasteiger partial charge in [-0.1, -0.05) is 304 Å². The molecule has 0 aromatic rings. The van der Waals surface area contributed by atoms with E-state index >= 15 is 0 Å². The zero-order valence-electron chi connectivity index (χ0n) is 56.0. The molecule has 516 valence electrons. The summed E-state index contributed by atoms with van der Waals surface area (Å²) in [6, 6.07) is 0. The summed E-state index contributed by atoms with van der Waals surface area (Å²) in [7, 11) is -9.88. The lowest BCUT2D eigenvalue weighted by Crippen LogP contribution is -2.30. The van der Waals surface area contributed by atoms with Gasteiger partial charge in [0.25, 0.3) is 0 Å². The number of rotatable bonds is 69. The Bertz CT molecular complexity index is 1670. The molecule has 3 N–H and O–H groups in total. The maximum absolute atomic E-state index is 13.0. The zero-order chi connectivity index (χ0) is 64.0. The second kappa shape index (κ2) is 62.8. The van der Waals surface area contributed by atoms with Crippen molar-refractivity contribution in [2.45, 2.75) is 373 Å². The number of hydrogen-bond donors (Lipinski definition) is 3. The van der Waals surface area contributed by atoms with Gasteiger partial charge in [-0.25, -0.2) is 9.13 Å². The van der Waals surface area contributed by atoms with Crippen molar-refractivity contribution in [2.75, 3.05) is 39.6 Å². The first kappa shape index (κ1) is 85.1. The highest BCUT2D eigenvalue weighted by Gasteiger charge is 2.30. The van der Waals surface area contributed by atoms with Crippen LogP contribution in [0.3, 0.4) is 0 Å². The molecule has 0 aromatic heterocycles. The van der Waals surface area contributed by atoms with Crippen molar-refractivity contribution in [3.8, 4) is 0 Å². The van der Waals surface area contributed by atoms with E-state index in [-0.39, 0.29) is 25.7 Å². The van der Waals surface area contributed by atoms with E-state index in [0.717, 1.165) is 96.3 Å². The van der Waals surface area contributed by atoms with E-state index in [4.69, 9.17) is 37.0 Å². The minimum atomic E-state index is -4.95. The van der Waals surface area contributed by atoms with E-state index < -0.39 is 97.5 Å². The highest BCUT2D eigenvalue weighted by molar-refractivity contribution is 7.47. The number of carbonyl (C=O) groups is 4. The number of aliphatic hydroxyl groups is 1. The van der Waals surface area contributed by atoms with Gasteiger partial charge in [-0.3, -0.25) is 37.3 Å². The molecule has 0 aliphatic rings. The Morgan fingerprint density at radius 3 is 0.678 bits per heavy atom. The molecule has 0 aliphatic heterocycles. The molecule has 2 unspecified atom stereocenters. The molecule has 19 heteroatoms. The minimum Gasteiger partial charge on any atom is -0.462 e. The molecule has 0 aliphatic carbocycles. The summed E-state index contributed by atoms with van der Waals surface area (Å²) in [5.41, 5.74) is 0. The third-order valence-corrected chi connectivity index (χ3v) is 17.8. The fourth-order valence-electron chi connectivity index (χ4n) is 10.3. The standard InChI is InChI=1S/C68H132O17P2/c1-5-9-13-17-20-23-25-27-29-30-31-32-33-35-37-40-43-47-51-55-68(73)85-64(59-79-66(71)53-49-45-41-39-36-34-28-26-24-21-18-14-10-6-2)61-83-87(76,77)81-57-62(69)56-80-86(74,75)82-60-63(58-78-65(70)52-48-44-16-12-8-4)84-67(72)54-50-46-42-38-22-19-15-11-7-3/h62-64,69H,5-61H2,1-4H3,(H,74,75)(H,76,77)/t62-,63+,64+/m0/s1. The monoisotopic (exact) mass is 1280 g/mol. The number of hydrogen-bond acceptors (Lipinski definition) is 15. The minimum absolute atomic E-state index is 0.105. The Hall–Kier alpha value is -1.94. The van der Waals surface area contributed by atoms with Crippen molar-refractivity contribution in [3.05, 3.63) is 0 Å².